The summed E-state index contributed by atoms with van der Waals surface area (Å²) in [4.78, 5) is 8.61. The van der Waals surface area contributed by atoms with Gasteiger partial charge in [-0.3, -0.25) is 0 Å². The lowest BCUT2D eigenvalue weighted by atomic mass is 10.1. The minimum absolute atomic E-state index is 0.0376. The van der Waals surface area contributed by atoms with Gasteiger partial charge in [0.15, 0.2) is 0 Å². The van der Waals surface area contributed by atoms with Crippen LogP contribution in [0.2, 0.25) is 5.28 Å². The zero-order valence-corrected chi connectivity index (χ0v) is 18.6. The van der Waals surface area contributed by atoms with E-state index in [1.807, 2.05) is 45.0 Å². The van der Waals surface area contributed by atoms with Crippen LogP contribution in [-0.4, -0.2) is 9.97 Å². The van der Waals surface area contributed by atoms with E-state index in [9.17, 15) is 13.2 Å². The first-order valence-corrected chi connectivity index (χ1v) is 10.5. The number of aryl methyl sites for hydroxylation is 1. The van der Waals surface area contributed by atoms with E-state index >= 15 is 0 Å². The highest BCUT2D eigenvalue weighted by atomic mass is 35.5. The minimum atomic E-state index is -4.64. The van der Waals surface area contributed by atoms with Crippen LogP contribution in [0.1, 0.15) is 36.1 Å². The van der Waals surface area contributed by atoms with Crippen LogP contribution in [0, 0.1) is 18.3 Å². The van der Waals surface area contributed by atoms with Gasteiger partial charge in [-0.15, -0.1) is 0 Å². The van der Waals surface area contributed by atoms with Crippen molar-refractivity contribution in [2.24, 2.45) is 0 Å². The molecule has 0 aliphatic rings. The number of rotatable bonds is 5. The highest BCUT2D eigenvalue weighted by Gasteiger charge is 2.34. The summed E-state index contributed by atoms with van der Waals surface area (Å²) >= 11 is 6.85. The first-order valence-electron chi connectivity index (χ1n) is 9.26. The van der Waals surface area contributed by atoms with Crippen LogP contribution in [-0.2, 0) is 12.8 Å². The monoisotopic (exact) mass is 465 g/mol. The van der Waals surface area contributed by atoms with Crippen molar-refractivity contribution in [2.75, 3.05) is 0 Å². The molecule has 0 bridgehead atoms. The molecule has 0 fully saturated rings. The second-order valence-electron chi connectivity index (χ2n) is 6.01. The largest absolute Gasteiger partial charge is 0.472 e. The van der Waals surface area contributed by atoms with Crippen LogP contribution in [0.5, 0.6) is 5.88 Å². The first kappa shape index (κ1) is 24.5. The van der Waals surface area contributed by atoms with Crippen LogP contribution in [0.15, 0.2) is 58.5 Å². The Bertz CT molecular complexity index is 1080. The zero-order chi connectivity index (χ0) is 23.0. The fourth-order valence-corrected chi connectivity index (χ4v) is 3.50. The third-order valence-electron chi connectivity index (χ3n) is 3.80. The number of benzene rings is 2. The van der Waals surface area contributed by atoms with E-state index in [-0.39, 0.29) is 22.7 Å². The van der Waals surface area contributed by atoms with Crippen molar-refractivity contribution in [1.82, 2.24) is 9.97 Å². The fraction of sp³-hybridized carbons (Fsp3) is 0.227. The van der Waals surface area contributed by atoms with Gasteiger partial charge in [0.1, 0.15) is 6.61 Å². The Hall–Kier alpha value is -2.76. The van der Waals surface area contributed by atoms with Gasteiger partial charge in [-0.2, -0.15) is 23.4 Å². The summed E-state index contributed by atoms with van der Waals surface area (Å²) in [6.45, 7) is 6.17. The highest BCUT2D eigenvalue weighted by molar-refractivity contribution is 7.99. The van der Waals surface area contributed by atoms with Crippen LogP contribution in [0.4, 0.5) is 13.2 Å². The standard InChI is InChI=1S/C20H13ClF3N3OS.C2H6/c1-12-3-2-4-13(7-12)11-28-18-17(10-26-19(21)27-18)29-15-6-5-14(9-25)16(8-15)20(22,23)24;1-2/h2-8,10H,11H2,1H3;1-2H3. The van der Waals surface area contributed by atoms with Crippen molar-refractivity contribution >= 4 is 23.4 Å². The summed E-state index contributed by atoms with van der Waals surface area (Å²) in [6, 6.07) is 12.7. The lowest BCUT2D eigenvalue weighted by Crippen LogP contribution is -2.07. The van der Waals surface area contributed by atoms with Gasteiger partial charge in [0.2, 0.25) is 11.2 Å². The number of nitrogens with zero attached hydrogens (tertiary/aromatic N) is 3. The number of alkyl halides is 3. The molecule has 1 heterocycles. The predicted molar refractivity (Wildman–Crippen MR) is 114 cm³/mol. The van der Waals surface area contributed by atoms with Crippen LogP contribution >= 0.6 is 23.4 Å². The molecule has 4 nitrogen and oxygen atoms in total. The van der Waals surface area contributed by atoms with E-state index in [4.69, 9.17) is 21.6 Å². The third kappa shape index (κ3) is 6.88. The molecule has 3 rings (SSSR count). The average molecular weight is 466 g/mol. The van der Waals surface area contributed by atoms with Crippen molar-refractivity contribution in [2.45, 2.75) is 43.3 Å². The molecule has 0 saturated carbocycles. The second-order valence-corrected chi connectivity index (χ2v) is 7.46. The smallest absolute Gasteiger partial charge is 0.417 e. The number of halogens is 4. The molecule has 0 atom stereocenters. The number of hydrogen-bond donors (Lipinski definition) is 0. The molecule has 162 valence electrons. The zero-order valence-electron chi connectivity index (χ0n) is 17.0. The number of ether oxygens (including phenoxy) is 1. The van der Waals surface area contributed by atoms with E-state index in [1.165, 1.54) is 12.3 Å². The lowest BCUT2D eigenvalue weighted by Gasteiger charge is -2.12. The summed E-state index contributed by atoms with van der Waals surface area (Å²) in [6.07, 6.45) is -3.25. The molecule has 0 saturated heterocycles. The first-order chi connectivity index (χ1) is 14.8. The van der Waals surface area contributed by atoms with Gasteiger partial charge in [-0.05, 0) is 42.3 Å². The summed E-state index contributed by atoms with van der Waals surface area (Å²) in [5.41, 5.74) is 0.541. The Morgan fingerprint density at radius 1 is 1.16 bits per heavy atom. The maximum Gasteiger partial charge on any atom is 0.417 e. The molecule has 3 aromatic rings. The topological polar surface area (TPSA) is 58.8 Å². The molecule has 31 heavy (non-hydrogen) atoms. The van der Waals surface area contributed by atoms with Gasteiger partial charge in [0.05, 0.1) is 22.1 Å². The van der Waals surface area contributed by atoms with Crippen molar-refractivity contribution in [3.05, 3.63) is 76.2 Å². The molecule has 0 amide bonds. The van der Waals surface area contributed by atoms with Crippen LogP contribution in [0.25, 0.3) is 0 Å². The van der Waals surface area contributed by atoms with E-state index in [0.29, 0.717) is 4.90 Å². The van der Waals surface area contributed by atoms with E-state index in [1.54, 1.807) is 6.07 Å². The Balaban J connectivity index is 0.00000166. The molecule has 0 aliphatic heterocycles. The summed E-state index contributed by atoms with van der Waals surface area (Å²) < 4.78 is 45.3. The van der Waals surface area contributed by atoms with Gasteiger partial charge in [-0.1, -0.05) is 55.4 Å². The molecule has 2 aromatic carbocycles. The molecular formula is C22H19ClF3N3OS. The molecule has 0 spiro atoms. The number of nitriles is 1. The van der Waals surface area contributed by atoms with Gasteiger partial charge >= 0.3 is 6.18 Å². The minimum Gasteiger partial charge on any atom is -0.472 e. The Kier molecular flexibility index (Phi) is 8.72. The highest BCUT2D eigenvalue weighted by Crippen LogP contribution is 2.38. The molecular weight excluding hydrogens is 447 g/mol. The molecule has 0 radical (unpaired) electrons. The molecule has 9 heteroatoms. The Morgan fingerprint density at radius 3 is 2.55 bits per heavy atom. The lowest BCUT2D eigenvalue weighted by molar-refractivity contribution is -0.137. The normalized spacial score (nSPS) is 10.6. The van der Waals surface area contributed by atoms with Gasteiger partial charge in [-0.25, -0.2) is 4.98 Å². The maximum atomic E-state index is 13.2. The van der Waals surface area contributed by atoms with E-state index in [0.717, 1.165) is 35.0 Å². The molecule has 1 aromatic heterocycles. The maximum absolute atomic E-state index is 13.2. The predicted octanol–water partition coefficient (Wildman–Crippen LogP) is 7.09. The van der Waals surface area contributed by atoms with Gasteiger partial charge in [0, 0.05) is 11.1 Å². The average Bonchev–Trinajstić information content (AvgIpc) is 2.74. The van der Waals surface area contributed by atoms with Crippen molar-refractivity contribution in [3.8, 4) is 11.9 Å². The quantitative estimate of drug-likeness (QED) is 0.376. The van der Waals surface area contributed by atoms with Crippen molar-refractivity contribution < 1.29 is 17.9 Å². The molecule has 0 aliphatic carbocycles. The number of hydrogen-bond acceptors (Lipinski definition) is 5. The SMILES string of the molecule is CC.Cc1cccc(COc2nc(Cl)ncc2Sc2ccc(C#N)c(C(F)(F)F)c2)c1. The van der Waals surface area contributed by atoms with Crippen LogP contribution in [0.3, 0.4) is 0 Å². The molecule has 0 unspecified atom stereocenters. The van der Waals surface area contributed by atoms with E-state index in [2.05, 4.69) is 9.97 Å². The fourth-order valence-electron chi connectivity index (χ4n) is 2.51. The summed E-state index contributed by atoms with van der Waals surface area (Å²) in [7, 11) is 0. The summed E-state index contributed by atoms with van der Waals surface area (Å²) in [5, 5.41) is 8.89. The van der Waals surface area contributed by atoms with Crippen molar-refractivity contribution in [3.63, 3.8) is 0 Å². The third-order valence-corrected chi connectivity index (χ3v) is 4.97. The van der Waals surface area contributed by atoms with Crippen molar-refractivity contribution in [1.29, 1.82) is 5.26 Å². The van der Waals surface area contributed by atoms with Gasteiger partial charge in [0.25, 0.3) is 0 Å². The molecule has 0 N–H and O–H groups in total. The second kappa shape index (κ2) is 11.0. The van der Waals surface area contributed by atoms with E-state index < -0.39 is 17.3 Å². The summed E-state index contributed by atoms with van der Waals surface area (Å²) in [5.74, 6) is 0.162. The number of aromatic nitrogens is 2. The Labute approximate surface area is 188 Å². The van der Waals surface area contributed by atoms with Crippen LogP contribution < -0.4 is 4.74 Å². The van der Waals surface area contributed by atoms with Gasteiger partial charge < -0.3 is 4.74 Å². The Morgan fingerprint density at radius 2 is 1.90 bits per heavy atom.